The molecular formula is C23H23N3O5S. The minimum absolute atomic E-state index is 0.287. The highest BCUT2D eigenvalue weighted by atomic mass is 32.1. The van der Waals surface area contributed by atoms with Gasteiger partial charge in [0.1, 0.15) is 18.1 Å². The van der Waals surface area contributed by atoms with E-state index >= 15 is 0 Å². The molecule has 166 valence electrons. The Kier molecular flexibility index (Phi) is 6.27. The van der Waals surface area contributed by atoms with Gasteiger partial charge in [-0.05, 0) is 57.2 Å². The first-order valence-electron chi connectivity index (χ1n) is 10.1. The van der Waals surface area contributed by atoms with Crippen LogP contribution in [0.3, 0.4) is 0 Å². The third-order valence-electron chi connectivity index (χ3n) is 4.87. The molecular weight excluding hydrogens is 430 g/mol. The second-order valence-electron chi connectivity index (χ2n) is 6.99. The third kappa shape index (κ3) is 4.52. The summed E-state index contributed by atoms with van der Waals surface area (Å²) in [7, 11) is 1.53. The summed E-state index contributed by atoms with van der Waals surface area (Å²) in [6.07, 6.45) is 0. The molecule has 0 spiro atoms. The molecule has 8 nitrogen and oxygen atoms in total. The molecule has 0 bridgehead atoms. The van der Waals surface area contributed by atoms with Crippen molar-refractivity contribution in [3.05, 3.63) is 59.0 Å². The lowest BCUT2D eigenvalue weighted by molar-refractivity contribution is 0.102. The van der Waals surface area contributed by atoms with Crippen LogP contribution in [0.25, 0.3) is 10.2 Å². The molecule has 2 aromatic carbocycles. The van der Waals surface area contributed by atoms with Crippen molar-refractivity contribution in [3.8, 4) is 17.2 Å². The molecule has 0 atom stereocenters. The summed E-state index contributed by atoms with van der Waals surface area (Å²) >= 11 is 1.39. The molecule has 0 aliphatic carbocycles. The van der Waals surface area contributed by atoms with Crippen molar-refractivity contribution in [1.29, 1.82) is 0 Å². The number of methoxy groups -OCH3 is 1. The van der Waals surface area contributed by atoms with E-state index < -0.39 is 0 Å². The van der Waals surface area contributed by atoms with Gasteiger partial charge in [0.25, 0.3) is 5.91 Å². The van der Waals surface area contributed by atoms with Gasteiger partial charge in [0.2, 0.25) is 0 Å². The summed E-state index contributed by atoms with van der Waals surface area (Å²) in [5.74, 6) is 2.17. The molecule has 0 radical (unpaired) electrons. The van der Waals surface area contributed by atoms with Gasteiger partial charge >= 0.3 is 0 Å². The standard InChI is InChI=1S/C23H23N3O5S/c1-5-29-16-7-8-18-21(11-16)32-23(24-18)25-22(27)15-6-9-19(20(10-15)28-4)30-12-17-13(2)26-31-14(17)3/h6-11H,5,12H2,1-4H3,(H,24,25,27). The van der Waals surface area contributed by atoms with E-state index in [1.807, 2.05) is 39.0 Å². The lowest BCUT2D eigenvalue weighted by Gasteiger charge is -2.12. The average molecular weight is 454 g/mol. The van der Waals surface area contributed by atoms with Crippen LogP contribution in [-0.4, -0.2) is 29.8 Å². The highest BCUT2D eigenvalue weighted by Gasteiger charge is 2.15. The van der Waals surface area contributed by atoms with E-state index in [4.69, 9.17) is 18.7 Å². The number of amides is 1. The number of carbonyl (C=O) groups excluding carboxylic acids is 1. The Balaban J connectivity index is 1.48. The van der Waals surface area contributed by atoms with E-state index in [9.17, 15) is 4.79 Å². The van der Waals surface area contributed by atoms with Gasteiger partial charge in [-0.2, -0.15) is 0 Å². The van der Waals surface area contributed by atoms with Gasteiger partial charge in [-0.25, -0.2) is 4.98 Å². The quantitative estimate of drug-likeness (QED) is 0.395. The summed E-state index contributed by atoms with van der Waals surface area (Å²) in [6, 6.07) is 10.7. The first-order chi connectivity index (χ1) is 15.5. The molecule has 32 heavy (non-hydrogen) atoms. The summed E-state index contributed by atoms with van der Waals surface area (Å²) < 4.78 is 22.9. The molecule has 0 saturated carbocycles. The number of carbonyl (C=O) groups is 1. The number of fused-ring (bicyclic) bond motifs is 1. The van der Waals surface area contributed by atoms with Crippen molar-refractivity contribution in [1.82, 2.24) is 10.1 Å². The van der Waals surface area contributed by atoms with Crippen LogP contribution in [-0.2, 0) is 6.61 Å². The molecule has 9 heteroatoms. The van der Waals surface area contributed by atoms with Crippen LogP contribution >= 0.6 is 11.3 Å². The number of anilines is 1. The van der Waals surface area contributed by atoms with Crippen molar-refractivity contribution >= 4 is 32.6 Å². The van der Waals surface area contributed by atoms with Crippen LogP contribution < -0.4 is 19.5 Å². The molecule has 0 saturated heterocycles. The SMILES string of the molecule is CCOc1ccc2nc(NC(=O)c3ccc(OCc4c(C)noc4C)c(OC)c3)sc2c1. The summed E-state index contributed by atoms with van der Waals surface area (Å²) in [5, 5.41) is 7.29. The number of ether oxygens (including phenoxy) is 3. The van der Waals surface area contributed by atoms with E-state index in [1.165, 1.54) is 18.4 Å². The molecule has 4 aromatic rings. The van der Waals surface area contributed by atoms with Gasteiger partial charge in [0.05, 0.1) is 35.2 Å². The average Bonchev–Trinajstić information content (AvgIpc) is 3.33. The lowest BCUT2D eigenvalue weighted by atomic mass is 10.2. The number of thiazole rings is 1. The van der Waals surface area contributed by atoms with Crippen molar-refractivity contribution in [2.75, 3.05) is 19.0 Å². The van der Waals surface area contributed by atoms with Crippen LogP contribution in [0.4, 0.5) is 5.13 Å². The van der Waals surface area contributed by atoms with E-state index in [2.05, 4.69) is 15.5 Å². The van der Waals surface area contributed by atoms with Crippen LogP contribution in [0.2, 0.25) is 0 Å². The zero-order valence-corrected chi connectivity index (χ0v) is 19.0. The number of hydrogen-bond acceptors (Lipinski definition) is 8. The Morgan fingerprint density at radius 3 is 2.69 bits per heavy atom. The number of nitrogens with zero attached hydrogens (tertiary/aromatic N) is 2. The lowest BCUT2D eigenvalue weighted by Crippen LogP contribution is -2.12. The van der Waals surface area contributed by atoms with Gasteiger partial charge in [-0.15, -0.1) is 0 Å². The van der Waals surface area contributed by atoms with Crippen LogP contribution in [0.1, 0.15) is 34.3 Å². The van der Waals surface area contributed by atoms with Crippen LogP contribution in [0.5, 0.6) is 17.2 Å². The Hall–Kier alpha value is -3.59. The Morgan fingerprint density at radius 1 is 1.12 bits per heavy atom. The molecule has 1 N–H and O–H groups in total. The van der Waals surface area contributed by atoms with E-state index in [0.717, 1.165) is 27.2 Å². The molecule has 0 aliphatic heterocycles. The van der Waals surface area contributed by atoms with Crippen molar-refractivity contribution in [3.63, 3.8) is 0 Å². The number of nitrogens with one attached hydrogen (secondary N) is 1. The normalized spacial score (nSPS) is 10.9. The smallest absolute Gasteiger partial charge is 0.257 e. The molecule has 0 unspecified atom stereocenters. The minimum atomic E-state index is -0.287. The van der Waals surface area contributed by atoms with Crippen molar-refractivity contribution in [2.24, 2.45) is 0 Å². The van der Waals surface area contributed by atoms with E-state index in [-0.39, 0.29) is 5.91 Å². The van der Waals surface area contributed by atoms with Gasteiger partial charge in [-0.3, -0.25) is 10.1 Å². The number of aromatic nitrogens is 2. The summed E-state index contributed by atoms with van der Waals surface area (Å²) in [6.45, 7) is 6.51. The molecule has 1 amide bonds. The first-order valence-corrected chi connectivity index (χ1v) is 10.9. The largest absolute Gasteiger partial charge is 0.494 e. The molecule has 2 heterocycles. The minimum Gasteiger partial charge on any atom is -0.494 e. The van der Waals surface area contributed by atoms with Crippen molar-refractivity contribution in [2.45, 2.75) is 27.4 Å². The van der Waals surface area contributed by atoms with E-state index in [1.54, 1.807) is 18.2 Å². The molecule has 0 aliphatic rings. The fraction of sp³-hybridized carbons (Fsp3) is 0.261. The van der Waals surface area contributed by atoms with Gasteiger partial charge in [0.15, 0.2) is 16.6 Å². The summed E-state index contributed by atoms with van der Waals surface area (Å²) in [5.41, 5.74) is 2.90. The van der Waals surface area contributed by atoms with Gasteiger partial charge in [0, 0.05) is 5.56 Å². The fourth-order valence-corrected chi connectivity index (χ4v) is 4.06. The number of benzene rings is 2. The predicted octanol–water partition coefficient (Wildman–Crippen LogP) is 5.14. The fourth-order valence-electron chi connectivity index (χ4n) is 3.17. The summed E-state index contributed by atoms with van der Waals surface area (Å²) in [4.78, 5) is 17.3. The van der Waals surface area contributed by atoms with Gasteiger partial charge in [-0.1, -0.05) is 16.5 Å². The maximum absolute atomic E-state index is 12.8. The van der Waals surface area contributed by atoms with Crippen LogP contribution in [0.15, 0.2) is 40.9 Å². The van der Waals surface area contributed by atoms with Crippen molar-refractivity contribution < 1.29 is 23.5 Å². The molecule has 0 fully saturated rings. The highest BCUT2D eigenvalue weighted by Crippen LogP contribution is 2.32. The number of rotatable bonds is 8. The first kappa shape index (κ1) is 21.6. The Bertz CT molecular complexity index is 1240. The zero-order valence-electron chi connectivity index (χ0n) is 18.2. The van der Waals surface area contributed by atoms with Gasteiger partial charge < -0.3 is 18.7 Å². The second kappa shape index (κ2) is 9.27. The van der Waals surface area contributed by atoms with E-state index in [0.29, 0.717) is 41.2 Å². The topological polar surface area (TPSA) is 95.7 Å². The Labute approximate surface area is 189 Å². The monoisotopic (exact) mass is 453 g/mol. The zero-order chi connectivity index (χ0) is 22.7. The van der Waals surface area contributed by atoms with Crippen LogP contribution in [0, 0.1) is 13.8 Å². The third-order valence-corrected chi connectivity index (χ3v) is 5.80. The Morgan fingerprint density at radius 2 is 1.97 bits per heavy atom. The molecule has 2 aromatic heterocycles. The maximum Gasteiger partial charge on any atom is 0.257 e. The molecule has 4 rings (SSSR count). The highest BCUT2D eigenvalue weighted by molar-refractivity contribution is 7.22. The second-order valence-corrected chi connectivity index (χ2v) is 8.02. The maximum atomic E-state index is 12.8. The number of aryl methyl sites for hydroxylation is 2. The predicted molar refractivity (Wildman–Crippen MR) is 122 cm³/mol. The number of hydrogen-bond donors (Lipinski definition) is 1.